The summed E-state index contributed by atoms with van der Waals surface area (Å²) in [6.45, 7) is 0.814. The predicted octanol–water partition coefficient (Wildman–Crippen LogP) is 1.94. The monoisotopic (exact) mass is 216 g/mol. The van der Waals surface area contributed by atoms with Crippen molar-refractivity contribution in [3.05, 3.63) is 41.7 Å². The molecule has 1 heterocycles. The third-order valence-electron chi connectivity index (χ3n) is 2.26. The van der Waals surface area contributed by atoms with Gasteiger partial charge in [0.1, 0.15) is 0 Å². The highest BCUT2D eigenvalue weighted by molar-refractivity contribution is 5.89. The molecule has 82 valence electrons. The van der Waals surface area contributed by atoms with Gasteiger partial charge in [0, 0.05) is 35.8 Å². The summed E-state index contributed by atoms with van der Waals surface area (Å²) in [7, 11) is 0. The van der Waals surface area contributed by atoms with Gasteiger partial charge in [-0.05, 0) is 6.07 Å². The summed E-state index contributed by atoms with van der Waals surface area (Å²) in [5, 5.41) is 3.26. The summed E-state index contributed by atoms with van der Waals surface area (Å²) in [5.41, 5.74) is 2.99. The van der Waals surface area contributed by atoms with E-state index in [9.17, 15) is 4.79 Å². The summed E-state index contributed by atoms with van der Waals surface area (Å²) in [5.74, 6) is 0. The highest BCUT2D eigenvalue weighted by atomic mass is 16.5. The van der Waals surface area contributed by atoms with E-state index in [1.54, 1.807) is 12.4 Å². The fourth-order valence-electron chi connectivity index (χ4n) is 1.48. The van der Waals surface area contributed by atoms with Crippen LogP contribution in [-0.2, 0) is 9.53 Å². The number of benzene rings is 1. The van der Waals surface area contributed by atoms with Crippen LogP contribution in [0.2, 0.25) is 0 Å². The Balaban J connectivity index is 2.07. The van der Waals surface area contributed by atoms with Gasteiger partial charge in [0.05, 0.1) is 6.61 Å². The molecule has 0 saturated carbocycles. The summed E-state index contributed by atoms with van der Waals surface area (Å²) in [6.07, 6.45) is 4.18. The van der Waals surface area contributed by atoms with Crippen molar-refractivity contribution in [2.24, 2.45) is 4.99 Å². The first-order valence-corrected chi connectivity index (χ1v) is 5.03. The number of nitrogens with one attached hydrogen (secondary N) is 1. The lowest BCUT2D eigenvalue weighted by Gasteiger charge is -2.09. The van der Waals surface area contributed by atoms with E-state index in [1.165, 1.54) is 0 Å². The van der Waals surface area contributed by atoms with Crippen molar-refractivity contribution in [1.29, 1.82) is 0 Å². The lowest BCUT2D eigenvalue weighted by Crippen LogP contribution is -2.03. The SMILES string of the molecule is O=COCCC1=CN=Cc2ccccc2N1. The van der Waals surface area contributed by atoms with Crippen LogP contribution in [0, 0.1) is 0 Å². The maximum Gasteiger partial charge on any atom is 0.293 e. The van der Waals surface area contributed by atoms with Gasteiger partial charge in [-0.25, -0.2) is 0 Å². The number of nitrogens with zero attached hydrogens (tertiary/aromatic N) is 1. The van der Waals surface area contributed by atoms with Crippen LogP contribution in [0.15, 0.2) is 41.2 Å². The molecule has 4 heteroatoms. The maximum atomic E-state index is 10.0. The van der Waals surface area contributed by atoms with Gasteiger partial charge in [0.25, 0.3) is 6.47 Å². The molecular weight excluding hydrogens is 204 g/mol. The van der Waals surface area contributed by atoms with Crippen molar-refractivity contribution in [2.75, 3.05) is 11.9 Å². The summed E-state index contributed by atoms with van der Waals surface area (Å²) in [6, 6.07) is 7.91. The number of hydrogen-bond donors (Lipinski definition) is 1. The lowest BCUT2D eigenvalue weighted by molar-refractivity contribution is -0.128. The highest BCUT2D eigenvalue weighted by Gasteiger charge is 2.05. The summed E-state index contributed by atoms with van der Waals surface area (Å²) < 4.78 is 4.65. The summed E-state index contributed by atoms with van der Waals surface area (Å²) in [4.78, 5) is 14.2. The molecule has 0 aromatic heterocycles. The molecule has 4 nitrogen and oxygen atoms in total. The van der Waals surface area contributed by atoms with Gasteiger partial charge in [0.2, 0.25) is 0 Å². The third kappa shape index (κ3) is 2.48. The fraction of sp³-hybridized carbons (Fsp3) is 0.167. The Morgan fingerprint density at radius 1 is 1.38 bits per heavy atom. The van der Waals surface area contributed by atoms with Crippen LogP contribution in [0.4, 0.5) is 5.69 Å². The molecule has 16 heavy (non-hydrogen) atoms. The molecular formula is C12H12N2O2. The fourth-order valence-corrected chi connectivity index (χ4v) is 1.48. The number of rotatable bonds is 4. The molecule has 2 rings (SSSR count). The Bertz CT molecular complexity index is 438. The first kappa shape index (κ1) is 10.4. The molecule has 0 radical (unpaired) electrons. The number of carbonyl (C=O) groups is 1. The molecule has 1 aromatic carbocycles. The number of hydrogen-bond acceptors (Lipinski definition) is 4. The Morgan fingerprint density at radius 3 is 3.12 bits per heavy atom. The van der Waals surface area contributed by atoms with Gasteiger partial charge in [-0.2, -0.15) is 0 Å². The Kier molecular flexibility index (Phi) is 3.33. The molecule has 0 unspecified atom stereocenters. The Morgan fingerprint density at radius 2 is 2.25 bits per heavy atom. The van der Waals surface area contributed by atoms with Gasteiger partial charge in [0.15, 0.2) is 0 Å². The van der Waals surface area contributed by atoms with Crippen LogP contribution in [-0.4, -0.2) is 19.3 Å². The molecule has 0 saturated heterocycles. The second kappa shape index (κ2) is 5.11. The first-order valence-electron chi connectivity index (χ1n) is 5.03. The molecule has 1 aliphatic heterocycles. The van der Waals surface area contributed by atoms with Gasteiger partial charge in [-0.1, -0.05) is 18.2 Å². The van der Waals surface area contributed by atoms with E-state index in [-0.39, 0.29) is 0 Å². The van der Waals surface area contributed by atoms with E-state index >= 15 is 0 Å². The quantitative estimate of drug-likeness (QED) is 0.618. The van der Waals surface area contributed by atoms with Crippen LogP contribution in [0.25, 0.3) is 0 Å². The second-order valence-electron chi connectivity index (χ2n) is 3.36. The zero-order valence-electron chi connectivity index (χ0n) is 8.72. The van der Waals surface area contributed by atoms with Gasteiger partial charge in [-0.15, -0.1) is 0 Å². The largest absolute Gasteiger partial charge is 0.467 e. The van der Waals surface area contributed by atoms with E-state index in [0.717, 1.165) is 16.9 Å². The zero-order chi connectivity index (χ0) is 11.2. The smallest absolute Gasteiger partial charge is 0.293 e. The number of anilines is 1. The Hall–Kier alpha value is -2.10. The van der Waals surface area contributed by atoms with Crippen molar-refractivity contribution < 1.29 is 9.53 Å². The number of aliphatic imine (C=N–C) groups is 1. The van der Waals surface area contributed by atoms with Gasteiger partial charge in [-0.3, -0.25) is 9.79 Å². The third-order valence-corrected chi connectivity index (χ3v) is 2.26. The van der Waals surface area contributed by atoms with Crippen LogP contribution in [0.1, 0.15) is 12.0 Å². The molecule has 0 spiro atoms. The minimum Gasteiger partial charge on any atom is -0.467 e. The van der Waals surface area contributed by atoms with Crippen LogP contribution in [0.3, 0.4) is 0 Å². The van der Waals surface area contributed by atoms with Crippen LogP contribution < -0.4 is 5.32 Å². The van der Waals surface area contributed by atoms with Gasteiger partial charge < -0.3 is 10.1 Å². The van der Waals surface area contributed by atoms with Crippen LogP contribution in [0.5, 0.6) is 0 Å². The van der Waals surface area contributed by atoms with E-state index in [1.807, 2.05) is 24.3 Å². The van der Waals surface area contributed by atoms with Crippen molar-refractivity contribution >= 4 is 18.4 Å². The minimum atomic E-state index is 0.361. The molecule has 0 atom stereocenters. The van der Waals surface area contributed by atoms with E-state index in [2.05, 4.69) is 15.0 Å². The molecule has 0 bridgehead atoms. The molecule has 0 amide bonds. The highest BCUT2D eigenvalue weighted by Crippen LogP contribution is 2.19. The topological polar surface area (TPSA) is 50.7 Å². The van der Waals surface area contributed by atoms with Crippen LogP contribution >= 0.6 is 0 Å². The number of fused-ring (bicyclic) bond motifs is 1. The van der Waals surface area contributed by atoms with E-state index in [0.29, 0.717) is 19.5 Å². The van der Waals surface area contributed by atoms with E-state index < -0.39 is 0 Å². The van der Waals surface area contributed by atoms with Crippen molar-refractivity contribution in [3.8, 4) is 0 Å². The van der Waals surface area contributed by atoms with Crippen molar-refractivity contribution in [2.45, 2.75) is 6.42 Å². The number of para-hydroxylation sites is 1. The Labute approximate surface area is 93.6 Å². The molecule has 1 aliphatic rings. The second-order valence-corrected chi connectivity index (χ2v) is 3.36. The molecule has 0 aliphatic carbocycles. The molecule has 1 N–H and O–H groups in total. The number of carbonyl (C=O) groups excluding carboxylic acids is 1. The lowest BCUT2D eigenvalue weighted by atomic mass is 10.2. The average molecular weight is 216 g/mol. The van der Waals surface area contributed by atoms with E-state index in [4.69, 9.17) is 0 Å². The summed E-state index contributed by atoms with van der Waals surface area (Å²) >= 11 is 0. The normalized spacial score (nSPS) is 13.1. The molecule has 0 fully saturated rings. The van der Waals surface area contributed by atoms with Crippen molar-refractivity contribution in [1.82, 2.24) is 0 Å². The standard InChI is InChI=1S/C12H12N2O2/c15-9-16-6-5-11-8-13-7-10-3-1-2-4-12(10)14-11/h1-4,7-9,14H,5-6H2. The van der Waals surface area contributed by atoms with Gasteiger partial charge >= 0.3 is 0 Å². The zero-order valence-corrected chi connectivity index (χ0v) is 8.72. The predicted molar refractivity (Wildman–Crippen MR) is 62.4 cm³/mol. The average Bonchev–Trinajstić information content (AvgIpc) is 2.51. The number of ether oxygens (including phenoxy) is 1. The first-order chi connectivity index (χ1) is 7.90. The minimum absolute atomic E-state index is 0.361. The maximum absolute atomic E-state index is 10.0. The molecule has 1 aromatic rings. The van der Waals surface area contributed by atoms with Crippen molar-refractivity contribution in [3.63, 3.8) is 0 Å².